The van der Waals surface area contributed by atoms with Gasteiger partial charge in [0, 0.05) is 5.56 Å². The van der Waals surface area contributed by atoms with E-state index in [0.717, 1.165) is 5.56 Å². The minimum absolute atomic E-state index is 0.313. The van der Waals surface area contributed by atoms with E-state index in [1.165, 1.54) is 18.3 Å². The highest BCUT2D eigenvalue weighted by molar-refractivity contribution is 6.29. The number of halogens is 2. The largest absolute Gasteiger partial charge is 0.262 e. The summed E-state index contributed by atoms with van der Waals surface area (Å²) in [5.41, 5.74) is 1.97. The van der Waals surface area contributed by atoms with Crippen molar-refractivity contribution in [1.29, 1.82) is 0 Å². The summed E-state index contributed by atoms with van der Waals surface area (Å²) >= 11 is 6.06. The Hall–Kier alpha value is -2.01. The number of aromatic nitrogens is 4. The monoisotopic (exact) mass is 262 g/mol. The lowest BCUT2D eigenvalue weighted by atomic mass is 10.1. The third-order valence-corrected chi connectivity index (χ3v) is 2.84. The van der Waals surface area contributed by atoms with Crippen LogP contribution in [0.2, 0.25) is 5.15 Å². The standard InChI is InChI=1S/C12H8ClFN4/c1-7-2-8(4-9(14)3-7)12-17-16-11-6-15-5-10(13)18(11)12/h2-6H,1H3. The molecule has 3 rings (SSSR count). The van der Waals surface area contributed by atoms with Crippen LogP contribution in [0.25, 0.3) is 17.0 Å². The predicted octanol–water partition coefficient (Wildman–Crippen LogP) is 2.89. The molecule has 6 heteroatoms. The summed E-state index contributed by atoms with van der Waals surface area (Å²) in [6.07, 6.45) is 3.04. The van der Waals surface area contributed by atoms with Crippen molar-refractivity contribution in [2.45, 2.75) is 6.92 Å². The van der Waals surface area contributed by atoms with Gasteiger partial charge in [0.05, 0.1) is 12.4 Å². The third kappa shape index (κ3) is 1.73. The van der Waals surface area contributed by atoms with Crippen LogP contribution >= 0.6 is 11.6 Å². The van der Waals surface area contributed by atoms with Crippen molar-refractivity contribution in [3.05, 3.63) is 47.1 Å². The van der Waals surface area contributed by atoms with E-state index in [2.05, 4.69) is 15.2 Å². The van der Waals surface area contributed by atoms with Crippen molar-refractivity contribution in [3.63, 3.8) is 0 Å². The highest BCUT2D eigenvalue weighted by Crippen LogP contribution is 2.23. The molecule has 0 aliphatic carbocycles. The Morgan fingerprint density at radius 2 is 2.00 bits per heavy atom. The maximum absolute atomic E-state index is 13.4. The van der Waals surface area contributed by atoms with Gasteiger partial charge in [0.15, 0.2) is 11.5 Å². The van der Waals surface area contributed by atoms with Gasteiger partial charge in [0.25, 0.3) is 0 Å². The number of hydrogen-bond donors (Lipinski definition) is 0. The number of rotatable bonds is 1. The van der Waals surface area contributed by atoms with E-state index in [1.807, 2.05) is 13.0 Å². The normalized spacial score (nSPS) is 11.1. The summed E-state index contributed by atoms with van der Waals surface area (Å²) in [4.78, 5) is 3.93. The fraction of sp³-hybridized carbons (Fsp3) is 0.0833. The second-order valence-electron chi connectivity index (χ2n) is 3.96. The van der Waals surface area contributed by atoms with Gasteiger partial charge in [-0.05, 0) is 30.7 Å². The molecule has 0 spiro atoms. The van der Waals surface area contributed by atoms with Crippen LogP contribution < -0.4 is 0 Å². The van der Waals surface area contributed by atoms with E-state index in [9.17, 15) is 4.39 Å². The molecule has 0 N–H and O–H groups in total. The summed E-state index contributed by atoms with van der Waals surface area (Å²) in [7, 11) is 0. The lowest BCUT2D eigenvalue weighted by molar-refractivity contribution is 0.627. The van der Waals surface area contributed by atoms with Crippen molar-refractivity contribution >= 4 is 17.2 Å². The molecule has 0 aliphatic rings. The molecule has 0 radical (unpaired) electrons. The number of fused-ring (bicyclic) bond motifs is 1. The fourth-order valence-corrected chi connectivity index (χ4v) is 2.09. The van der Waals surface area contributed by atoms with Gasteiger partial charge < -0.3 is 0 Å². The van der Waals surface area contributed by atoms with Crippen molar-refractivity contribution < 1.29 is 4.39 Å². The first-order valence-electron chi connectivity index (χ1n) is 5.27. The molecule has 0 aliphatic heterocycles. The average Bonchev–Trinajstić information content (AvgIpc) is 2.73. The summed E-state index contributed by atoms with van der Waals surface area (Å²) < 4.78 is 15.0. The molecule has 1 aromatic carbocycles. The predicted molar refractivity (Wildman–Crippen MR) is 65.9 cm³/mol. The zero-order chi connectivity index (χ0) is 12.7. The highest BCUT2D eigenvalue weighted by atomic mass is 35.5. The first-order chi connectivity index (χ1) is 8.65. The van der Waals surface area contributed by atoms with Crippen LogP contribution in [-0.2, 0) is 0 Å². The molecule has 2 heterocycles. The van der Waals surface area contributed by atoms with Gasteiger partial charge in [-0.3, -0.25) is 9.38 Å². The van der Waals surface area contributed by atoms with Crippen LogP contribution in [0.3, 0.4) is 0 Å². The minimum atomic E-state index is -0.313. The molecule has 4 nitrogen and oxygen atoms in total. The zero-order valence-electron chi connectivity index (χ0n) is 9.43. The maximum atomic E-state index is 13.4. The zero-order valence-corrected chi connectivity index (χ0v) is 10.2. The summed E-state index contributed by atoms with van der Waals surface area (Å²) in [5, 5.41) is 8.37. The average molecular weight is 263 g/mol. The molecule has 90 valence electrons. The first-order valence-corrected chi connectivity index (χ1v) is 5.65. The van der Waals surface area contributed by atoms with Gasteiger partial charge in [-0.25, -0.2) is 4.39 Å². The van der Waals surface area contributed by atoms with Crippen molar-refractivity contribution in [2.75, 3.05) is 0 Å². The fourth-order valence-electron chi connectivity index (χ4n) is 1.87. The SMILES string of the molecule is Cc1cc(F)cc(-c2nnc3cncc(Cl)n23)c1. The number of nitrogens with zero attached hydrogens (tertiary/aromatic N) is 4. The number of benzene rings is 1. The van der Waals surface area contributed by atoms with Crippen LogP contribution in [-0.4, -0.2) is 19.6 Å². The Bertz CT molecular complexity index is 718. The molecule has 18 heavy (non-hydrogen) atoms. The van der Waals surface area contributed by atoms with Gasteiger partial charge >= 0.3 is 0 Å². The second-order valence-corrected chi connectivity index (χ2v) is 4.35. The van der Waals surface area contributed by atoms with Crippen LogP contribution in [0.15, 0.2) is 30.6 Å². The van der Waals surface area contributed by atoms with Gasteiger partial charge in [-0.1, -0.05) is 11.6 Å². The Morgan fingerprint density at radius 1 is 1.17 bits per heavy atom. The Labute approximate surface area is 107 Å². The van der Waals surface area contributed by atoms with E-state index in [-0.39, 0.29) is 5.82 Å². The van der Waals surface area contributed by atoms with Gasteiger partial charge in [-0.2, -0.15) is 0 Å². The molecule has 0 unspecified atom stereocenters. The summed E-state index contributed by atoms with van der Waals surface area (Å²) in [5.74, 6) is 0.187. The van der Waals surface area contributed by atoms with Crippen LogP contribution in [0.1, 0.15) is 5.56 Å². The van der Waals surface area contributed by atoms with Crippen LogP contribution in [0.5, 0.6) is 0 Å². The van der Waals surface area contributed by atoms with E-state index >= 15 is 0 Å². The second kappa shape index (κ2) is 4.03. The van der Waals surface area contributed by atoms with E-state index < -0.39 is 0 Å². The maximum Gasteiger partial charge on any atom is 0.180 e. The third-order valence-electron chi connectivity index (χ3n) is 2.57. The molecule has 3 aromatic rings. The lowest BCUT2D eigenvalue weighted by Gasteiger charge is -2.03. The number of aryl methyl sites for hydroxylation is 1. The molecule has 2 aromatic heterocycles. The van der Waals surface area contributed by atoms with Crippen molar-refractivity contribution in [2.24, 2.45) is 0 Å². The number of hydrogen-bond acceptors (Lipinski definition) is 3. The molecule has 0 fully saturated rings. The van der Waals surface area contributed by atoms with Gasteiger partial charge in [-0.15, -0.1) is 10.2 Å². The molecular formula is C12H8ClFN4. The van der Waals surface area contributed by atoms with Crippen molar-refractivity contribution in [1.82, 2.24) is 19.6 Å². The summed E-state index contributed by atoms with van der Waals surface area (Å²) in [6, 6.07) is 4.69. The Kier molecular flexibility index (Phi) is 2.48. The van der Waals surface area contributed by atoms with Crippen molar-refractivity contribution in [3.8, 4) is 11.4 Å². The lowest BCUT2D eigenvalue weighted by Crippen LogP contribution is -1.93. The van der Waals surface area contributed by atoms with E-state index in [1.54, 1.807) is 10.6 Å². The molecule has 0 bridgehead atoms. The first kappa shape index (κ1) is 11.1. The van der Waals surface area contributed by atoms with E-state index in [4.69, 9.17) is 11.6 Å². The van der Waals surface area contributed by atoms with Gasteiger partial charge in [0.2, 0.25) is 0 Å². The topological polar surface area (TPSA) is 43.1 Å². The molecule has 0 saturated heterocycles. The minimum Gasteiger partial charge on any atom is -0.262 e. The highest BCUT2D eigenvalue weighted by Gasteiger charge is 2.12. The van der Waals surface area contributed by atoms with Crippen LogP contribution in [0, 0.1) is 12.7 Å². The Morgan fingerprint density at radius 3 is 2.78 bits per heavy atom. The van der Waals surface area contributed by atoms with Gasteiger partial charge in [0.1, 0.15) is 11.0 Å². The molecule has 0 saturated carbocycles. The van der Waals surface area contributed by atoms with E-state index in [0.29, 0.717) is 22.2 Å². The summed E-state index contributed by atoms with van der Waals surface area (Å²) in [6.45, 7) is 1.82. The Balaban J connectivity index is 2.31. The molecule has 0 atom stereocenters. The quantitative estimate of drug-likeness (QED) is 0.677. The smallest absolute Gasteiger partial charge is 0.180 e. The van der Waals surface area contributed by atoms with Crippen LogP contribution in [0.4, 0.5) is 4.39 Å². The molecule has 0 amide bonds. The molecular weight excluding hydrogens is 255 g/mol.